The fourth-order valence-electron chi connectivity index (χ4n) is 2.60. The summed E-state index contributed by atoms with van der Waals surface area (Å²) in [6.07, 6.45) is 0.0357. The zero-order valence-corrected chi connectivity index (χ0v) is 10.9. The van der Waals surface area contributed by atoms with Gasteiger partial charge in [0.05, 0.1) is 17.1 Å². The highest BCUT2D eigenvalue weighted by Crippen LogP contribution is 2.26. The number of alkyl halides is 2. The van der Waals surface area contributed by atoms with Crippen molar-refractivity contribution in [2.24, 2.45) is 7.05 Å². The smallest absolute Gasteiger partial charge is 0.340 e. The number of nitrogens with zero attached hydrogens (tertiary/aromatic N) is 3. The largest absolute Gasteiger partial charge is 0.345 e. The second-order valence-electron chi connectivity index (χ2n) is 4.86. The van der Waals surface area contributed by atoms with Gasteiger partial charge in [-0.05, 0) is 24.6 Å². The van der Waals surface area contributed by atoms with Crippen molar-refractivity contribution in [2.45, 2.75) is 19.1 Å². The number of rotatable bonds is 3. The van der Waals surface area contributed by atoms with E-state index in [1.165, 1.54) is 12.1 Å². The minimum Gasteiger partial charge on any atom is -0.340 e. The van der Waals surface area contributed by atoms with Crippen LogP contribution in [-0.4, -0.2) is 35.4 Å². The third-order valence-electron chi connectivity index (χ3n) is 3.54. The van der Waals surface area contributed by atoms with Crippen LogP contribution in [0.1, 0.15) is 6.42 Å². The summed E-state index contributed by atoms with van der Waals surface area (Å²) in [7, 11) is 1.78. The van der Waals surface area contributed by atoms with Crippen LogP contribution in [0, 0.1) is 5.82 Å². The van der Waals surface area contributed by atoms with Crippen LogP contribution < -0.4 is 4.90 Å². The second-order valence-corrected chi connectivity index (χ2v) is 4.86. The Morgan fingerprint density at radius 1 is 1.40 bits per heavy atom. The topological polar surface area (TPSA) is 30.3 Å². The fourth-order valence-corrected chi connectivity index (χ4v) is 2.60. The van der Waals surface area contributed by atoms with E-state index in [4.69, 9.17) is 0 Å². The normalized spacial score (nSPS) is 19.4. The molecule has 2 aromatic rings. The lowest BCUT2D eigenvalue weighted by molar-refractivity contribution is -0.156. The van der Waals surface area contributed by atoms with Crippen molar-refractivity contribution < 1.29 is 17.9 Å². The van der Waals surface area contributed by atoms with Gasteiger partial charge in [0.25, 0.3) is 0 Å². The molecule has 0 radical (unpaired) electrons. The third kappa shape index (κ3) is 2.33. The van der Waals surface area contributed by atoms with Gasteiger partial charge in [0, 0.05) is 20.1 Å². The molecule has 0 unspecified atom stereocenters. The van der Waals surface area contributed by atoms with Gasteiger partial charge in [-0.15, -0.1) is 0 Å². The van der Waals surface area contributed by atoms with Crippen LogP contribution in [0.15, 0.2) is 18.2 Å². The Balaban J connectivity index is 1.86. The standard InChI is InChI=1S/C13H14F3N3O/c1-18-11-6-8(14)2-3-10(11)17-13(18)19-5-4-9(7-19)20-12(15)16/h2-3,6,9,12H,4-5,7H2,1H3/t9-/m1/s1. The predicted molar refractivity (Wildman–Crippen MR) is 68.4 cm³/mol. The maximum absolute atomic E-state index is 13.3. The van der Waals surface area contributed by atoms with Crippen LogP contribution >= 0.6 is 0 Å². The minimum atomic E-state index is -2.76. The van der Waals surface area contributed by atoms with Gasteiger partial charge >= 0.3 is 6.61 Å². The molecule has 2 heterocycles. The zero-order chi connectivity index (χ0) is 14.3. The van der Waals surface area contributed by atoms with Crippen molar-refractivity contribution in [2.75, 3.05) is 18.0 Å². The molecule has 3 rings (SSSR count). The number of aromatic nitrogens is 2. The second kappa shape index (κ2) is 4.97. The number of hydrogen-bond donors (Lipinski definition) is 0. The SMILES string of the molecule is Cn1c(N2CC[C@@H](OC(F)F)C2)nc2ccc(F)cc21. The molecule has 0 aliphatic carbocycles. The van der Waals surface area contributed by atoms with Gasteiger partial charge in [0.1, 0.15) is 5.82 Å². The molecule has 1 saturated heterocycles. The number of anilines is 1. The molecule has 0 bridgehead atoms. The van der Waals surface area contributed by atoms with Crippen molar-refractivity contribution in [3.8, 4) is 0 Å². The molecule has 1 fully saturated rings. The van der Waals surface area contributed by atoms with E-state index in [0.29, 0.717) is 36.5 Å². The molecule has 4 nitrogen and oxygen atoms in total. The Morgan fingerprint density at radius 2 is 2.20 bits per heavy atom. The molecule has 1 aromatic heterocycles. The van der Waals surface area contributed by atoms with Crippen molar-refractivity contribution in [3.63, 3.8) is 0 Å². The molecule has 7 heteroatoms. The predicted octanol–water partition coefficient (Wildman–Crippen LogP) is 2.53. The first-order chi connectivity index (χ1) is 9.54. The highest BCUT2D eigenvalue weighted by molar-refractivity contribution is 5.78. The summed E-state index contributed by atoms with van der Waals surface area (Å²) in [6, 6.07) is 4.37. The molecule has 0 saturated carbocycles. The molecular weight excluding hydrogens is 271 g/mol. The summed E-state index contributed by atoms with van der Waals surface area (Å²) in [6.45, 7) is -1.80. The molecule has 108 valence electrons. The molecule has 20 heavy (non-hydrogen) atoms. The van der Waals surface area contributed by atoms with Gasteiger partial charge < -0.3 is 14.2 Å². The Labute approximate surface area is 113 Å². The Bertz CT molecular complexity index is 629. The van der Waals surface area contributed by atoms with Crippen LogP contribution in [0.5, 0.6) is 0 Å². The number of ether oxygens (including phenoxy) is 1. The summed E-state index contributed by atoms with van der Waals surface area (Å²) in [5.41, 5.74) is 1.36. The maximum atomic E-state index is 13.3. The van der Waals surface area contributed by atoms with Crippen LogP contribution in [0.4, 0.5) is 19.1 Å². The highest BCUT2D eigenvalue weighted by Gasteiger charge is 2.28. The van der Waals surface area contributed by atoms with E-state index < -0.39 is 12.7 Å². The molecule has 0 N–H and O–H groups in total. The van der Waals surface area contributed by atoms with E-state index in [1.54, 1.807) is 17.7 Å². The first kappa shape index (κ1) is 13.2. The lowest BCUT2D eigenvalue weighted by Crippen LogP contribution is -2.26. The molecule has 0 spiro atoms. The van der Waals surface area contributed by atoms with Gasteiger partial charge in [-0.3, -0.25) is 0 Å². The van der Waals surface area contributed by atoms with Crippen LogP contribution in [0.25, 0.3) is 11.0 Å². The monoisotopic (exact) mass is 285 g/mol. The van der Waals surface area contributed by atoms with Gasteiger partial charge in [-0.25, -0.2) is 9.37 Å². The fraction of sp³-hybridized carbons (Fsp3) is 0.462. The molecule has 0 amide bonds. The van der Waals surface area contributed by atoms with Gasteiger partial charge in [-0.2, -0.15) is 8.78 Å². The van der Waals surface area contributed by atoms with Crippen LogP contribution in [0.3, 0.4) is 0 Å². The lowest BCUT2D eigenvalue weighted by Gasteiger charge is -2.17. The molecule has 1 aliphatic heterocycles. The van der Waals surface area contributed by atoms with Crippen LogP contribution in [-0.2, 0) is 11.8 Å². The number of fused-ring (bicyclic) bond motifs is 1. The Hall–Kier alpha value is -1.76. The molecule has 1 atom stereocenters. The van der Waals surface area contributed by atoms with Crippen molar-refractivity contribution >= 4 is 17.0 Å². The highest BCUT2D eigenvalue weighted by atomic mass is 19.3. The number of hydrogen-bond acceptors (Lipinski definition) is 3. The summed E-state index contributed by atoms with van der Waals surface area (Å²) in [5, 5.41) is 0. The summed E-state index contributed by atoms with van der Waals surface area (Å²) in [5.74, 6) is 0.318. The number of aryl methyl sites for hydroxylation is 1. The molecule has 1 aliphatic rings. The zero-order valence-electron chi connectivity index (χ0n) is 10.9. The lowest BCUT2D eigenvalue weighted by atomic mass is 10.3. The number of halogens is 3. The van der Waals surface area contributed by atoms with E-state index in [-0.39, 0.29) is 5.82 Å². The van der Waals surface area contributed by atoms with Gasteiger partial charge in [0.15, 0.2) is 0 Å². The number of imidazole rings is 1. The van der Waals surface area contributed by atoms with Crippen molar-refractivity contribution in [3.05, 3.63) is 24.0 Å². The number of benzene rings is 1. The Kier molecular flexibility index (Phi) is 3.29. The van der Waals surface area contributed by atoms with Crippen molar-refractivity contribution in [1.82, 2.24) is 9.55 Å². The van der Waals surface area contributed by atoms with Gasteiger partial charge in [0.2, 0.25) is 5.95 Å². The quantitative estimate of drug-likeness (QED) is 0.868. The third-order valence-corrected chi connectivity index (χ3v) is 3.54. The molecule has 1 aromatic carbocycles. The van der Waals surface area contributed by atoms with E-state index in [2.05, 4.69) is 9.72 Å². The summed E-state index contributed by atoms with van der Waals surface area (Å²) < 4.78 is 43.9. The summed E-state index contributed by atoms with van der Waals surface area (Å²) in [4.78, 5) is 6.31. The van der Waals surface area contributed by atoms with E-state index >= 15 is 0 Å². The van der Waals surface area contributed by atoms with Crippen molar-refractivity contribution in [1.29, 1.82) is 0 Å². The molecular formula is C13H14F3N3O. The van der Waals surface area contributed by atoms with E-state index in [0.717, 1.165) is 0 Å². The summed E-state index contributed by atoms with van der Waals surface area (Å²) >= 11 is 0. The Morgan fingerprint density at radius 3 is 2.95 bits per heavy atom. The minimum absolute atomic E-state index is 0.326. The maximum Gasteiger partial charge on any atom is 0.345 e. The van der Waals surface area contributed by atoms with Gasteiger partial charge in [-0.1, -0.05) is 0 Å². The first-order valence-corrected chi connectivity index (χ1v) is 6.35. The average Bonchev–Trinajstić information content (AvgIpc) is 2.95. The van der Waals surface area contributed by atoms with E-state index in [1.807, 2.05) is 4.90 Å². The van der Waals surface area contributed by atoms with E-state index in [9.17, 15) is 13.2 Å². The van der Waals surface area contributed by atoms with Crippen LogP contribution in [0.2, 0.25) is 0 Å². The average molecular weight is 285 g/mol. The first-order valence-electron chi connectivity index (χ1n) is 6.35.